The normalized spacial score (nSPS) is 14.8. The lowest BCUT2D eigenvalue weighted by Gasteiger charge is -2.32. The quantitative estimate of drug-likeness (QED) is 0.879. The largest absolute Gasteiger partial charge is 0.352 e. The molecule has 2 amide bonds. The average molecular weight is 369 g/mol. The van der Waals surface area contributed by atoms with Gasteiger partial charge in [0.05, 0.1) is 0 Å². The van der Waals surface area contributed by atoms with Crippen molar-refractivity contribution in [1.82, 2.24) is 15.1 Å². The van der Waals surface area contributed by atoms with Crippen molar-refractivity contribution < 1.29 is 14.0 Å². The fourth-order valence-electron chi connectivity index (χ4n) is 3.06. The summed E-state index contributed by atoms with van der Waals surface area (Å²) >= 11 is 0. The number of benzene rings is 2. The molecule has 1 aliphatic heterocycles. The van der Waals surface area contributed by atoms with E-state index in [0.717, 1.165) is 18.7 Å². The zero-order valence-corrected chi connectivity index (χ0v) is 15.5. The monoisotopic (exact) mass is 369 g/mol. The fourth-order valence-corrected chi connectivity index (χ4v) is 3.06. The fraction of sp³-hybridized carbons (Fsp3) is 0.333. The maximum atomic E-state index is 12.9. The lowest BCUT2D eigenvalue weighted by molar-refractivity contribution is 0.0664. The second-order valence-electron chi connectivity index (χ2n) is 6.81. The third kappa shape index (κ3) is 5.14. The molecule has 1 N–H and O–H groups in total. The molecule has 27 heavy (non-hydrogen) atoms. The highest BCUT2D eigenvalue weighted by atomic mass is 19.1. The van der Waals surface area contributed by atoms with Gasteiger partial charge in [0.1, 0.15) is 5.82 Å². The van der Waals surface area contributed by atoms with Crippen LogP contribution < -0.4 is 5.32 Å². The Bertz CT molecular complexity index is 799. The van der Waals surface area contributed by atoms with Gasteiger partial charge in [-0.25, -0.2) is 4.39 Å². The first-order chi connectivity index (χ1) is 13.0. The standard InChI is InChI=1S/C21H24FN3O2/c1-24-11-13-25(14-12-24)21(27)18-4-2-3-17(15-18)20(26)23-10-9-16-5-7-19(22)8-6-16/h2-8,15H,9-14H2,1H3,(H,23,26). The van der Waals surface area contributed by atoms with Crippen LogP contribution in [-0.4, -0.2) is 61.4 Å². The maximum absolute atomic E-state index is 12.9. The molecule has 0 spiro atoms. The molecule has 1 aliphatic rings. The molecule has 0 unspecified atom stereocenters. The lowest BCUT2D eigenvalue weighted by Crippen LogP contribution is -2.47. The van der Waals surface area contributed by atoms with Gasteiger partial charge >= 0.3 is 0 Å². The number of piperazine rings is 1. The van der Waals surface area contributed by atoms with Gasteiger partial charge in [0.25, 0.3) is 11.8 Å². The van der Waals surface area contributed by atoms with Gasteiger partial charge < -0.3 is 15.1 Å². The molecular weight excluding hydrogens is 345 g/mol. The molecule has 0 radical (unpaired) electrons. The highest BCUT2D eigenvalue weighted by molar-refractivity contribution is 5.99. The van der Waals surface area contributed by atoms with Crippen molar-refractivity contribution in [3.8, 4) is 0 Å². The van der Waals surface area contributed by atoms with E-state index in [9.17, 15) is 14.0 Å². The number of hydrogen-bond acceptors (Lipinski definition) is 3. The number of amides is 2. The van der Waals surface area contributed by atoms with Gasteiger partial charge in [-0.3, -0.25) is 9.59 Å². The van der Waals surface area contributed by atoms with Crippen LogP contribution in [0.3, 0.4) is 0 Å². The SMILES string of the molecule is CN1CCN(C(=O)c2cccc(C(=O)NCCc3ccc(F)cc3)c2)CC1. The van der Waals surface area contributed by atoms with Crippen LogP contribution in [-0.2, 0) is 6.42 Å². The Morgan fingerprint density at radius 2 is 1.67 bits per heavy atom. The first-order valence-corrected chi connectivity index (χ1v) is 9.13. The van der Waals surface area contributed by atoms with Gasteiger partial charge in [-0.15, -0.1) is 0 Å². The third-order valence-electron chi connectivity index (χ3n) is 4.77. The van der Waals surface area contributed by atoms with E-state index < -0.39 is 0 Å². The average Bonchev–Trinajstić information content (AvgIpc) is 2.69. The van der Waals surface area contributed by atoms with Crippen molar-refractivity contribution in [2.45, 2.75) is 6.42 Å². The smallest absolute Gasteiger partial charge is 0.253 e. The Morgan fingerprint density at radius 3 is 2.37 bits per heavy atom. The van der Waals surface area contributed by atoms with Crippen LogP contribution in [0.1, 0.15) is 26.3 Å². The molecule has 142 valence electrons. The minimum absolute atomic E-state index is 0.0379. The molecule has 6 heteroatoms. The summed E-state index contributed by atoms with van der Waals surface area (Å²) in [6.07, 6.45) is 0.617. The van der Waals surface area contributed by atoms with Crippen LogP contribution in [0.4, 0.5) is 4.39 Å². The Balaban J connectivity index is 1.56. The van der Waals surface area contributed by atoms with E-state index in [-0.39, 0.29) is 17.6 Å². The Hall–Kier alpha value is -2.73. The molecule has 1 heterocycles. The van der Waals surface area contributed by atoms with E-state index >= 15 is 0 Å². The number of carbonyl (C=O) groups is 2. The molecule has 1 fully saturated rings. The molecule has 0 aliphatic carbocycles. The Labute approximate surface area is 158 Å². The zero-order chi connectivity index (χ0) is 19.2. The lowest BCUT2D eigenvalue weighted by atomic mass is 10.1. The van der Waals surface area contributed by atoms with Gasteiger partial charge in [-0.2, -0.15) is 0 Å². The first-order valence-electron chi connectivity index (χ1n) is 9.13. The maximum Gasteiger partial charge on any atom is 0.253 e. The Morgan fingerprint density at radius 1 is 1.00 bits per heavy atom. The minimum Gasteiger partial charge on any atom is -0.352 e. The summed E-state index contributed by atoms with van der Waals surface area (Å²) in [6.45, 7) is 3.55. The molecule has 0 atom stereocenters. The minimum atomic E-state index is -0.274. The number of likely N-dealkylation sites (N-methyl/N-ethyl adjacent to an activating group) is 1. The van der Waals surface area contributed by atoms with Gasteiger partial charge in [0.15, 0.2) is 0 Å². The summed E-state index contributed by atoms with van der Waals surface area (Å²) in [4.78, 5) is 29.0. The van der Waals surface area contributed by atoms with E-state index in [1.165, 1.54) is 12.1 Å². The van der Waals surface area contributed by atoms with Crippen LogP contribution in [0.25, 0.3) is 0 Å². The molecule has 3 rings (SSSR count). The highest BCUT2D eigenvalue weighted by Crippen LogP contribution is 2.11. The summed E-state index contributed by atoms with van der Waals surface area (Å²) in [5.74, 6) is -0.529. The predicted octanol–water partition coefficient (Wildman–Crippen LogP) is 2.19. The van der Waals surface area contributed by atoms with Crippen molar-refractivity contribution in [3.63, 3.8) is 0 Å². The molecule has 5 nitrogen and oxygen atoms in total. The van der Waals surface area contributed by atoms with Crippen molar-refractivity contribution >= 4 is 11.8 Å². The summed E-state index contributed by atoms with van der Waals surface area (Å²) < 4.78 is 12.9. The van der Waals surface area contributed by atoms with E-state index in [0.29, 0.717) is 37.2 Å². The second kappa shape index (κ2) is 8.77. The summed E-state index contributed by atoms with van der Waals surface area (Å²) in [7, 11) is 2.04. The number of halogens is 1. The third-order valence-corrected chi connectivity index (χ3v) is 4.77. The van der Waals surface area contributed by atoms with E-state index in [2.05, 4.69) is 10.2 Å². The molecule has 0 bridgehead atoms. The molecule has 2 aromatic rings. The van der Waals surface area contributed by atoms with Crippen molar-refractivity contribution in [2.24, 2.45) is 0 Å². The van der Waals surface area contributed by atoms with Crippen LogP contribution in [0, 0.1) is 5.82 Å². The number of hydrogen-bond donors (Lipinski definition) is 1. The molecule has 0 aromatic heterocycles. The first kappa shape index (κ1) is 19.0. The summed E-state index contributed by atoms with van der Waals surface area (Å²) in [6, 6.07) is 13.1. The predicted molar refractivity (Wildman–Crippen MR) is 102 cm³/mol. The summed E-state index contributed by atoms with van der Waals surface area (Å²) in [5, 5.41) is 2.85. The van der Waals surface area contributed by atoms with Crippen LogP contribution >= 0.6 is 0 Å². The Kier molecular flexibility index (Phi) is 6.19. The highest BCUT2D eigenvalue weighted by Gasteiger charge is 2.21. The van der Waals surface area contributed by atoms with E-state index in [1.54, 1.807) is 36.4 Å². The molecule has 2 aromatic carbocycles. The van der Waals surface area contributed by atoms with Crippen molar-refractivity contribution in [3.05, 3.63) is 71.0 Å². The number of nitrogens with one attached hydrogen (secondary N) is 1. The van der Waals surface area contributed by atoms with E-state index in [1.807, 2.05) is 11.9 Å². The van der Waals surface area contributed by atoms with Gasteiger partial charge in [-0.05, 0) is 49.4 Å². The van der Waals surface area contributed by atoms with Gasteiger partial charge in [0.2, 0.25) is 0 Å². The second-order valence-corrected chi connectivity index (χ2v) is 6.81. The molecule has 1 saturated heterocycles. The number of rotatable bonds is 5. The summed E-state index contributed by atoms with van der Waals surface area (Å²) in [5.41, 5.74) is 1.95. The molecular formula is C21H24FN3O2. The molecule has 0 saturated carbocycles. The topological polar surface area (TPSA) is 52.7 Å². The van der Waals surface area contributed by atoms with Crippen molar-refractivity contribution in [2.75, 3.05) is 39.8 Å². The number of nitrogens with zero attached hydrogens (tertiary/aromatic N) is 2. The van der Waals surface area contributed by atoms with Crippen LogP contribution in [0.5, 0.6) is 0 Å². The number of carbonyl (C=O) groups excluding carboxylic acids is 2. The van der Waals surface area contributed by atoms with Gasteiger partial charge in [-0.1, -0.05) is 18.2 Å². The van der Waals surface area contributed by atoms with Crippen LogP contribution in [0.2, 0.25) is 0 Å². The van der Waals surface area contributed by atoms with Gasteiger partial charge in [0, 0.05) is 43.9 Å². The van der Waals surface area contributed by atoms with Crippen molar-refractivity contribution in [1.29, 1.82) is 0 Å². The van der Waals surface area contributed by atoms with E-state index in [4.69, 9.17) is 0 Å². The zero-order valence-electron chi connectivity index (χ0n) is 15.5. The van der Waals surface area contributed by atoms with Crippen LogP contribution in [0.15, 0.2) is 48.5 Å².